The van der Waals surface area contributed by atoms with E-state index in [4.69, 9.17) is 30.1 Å². The molecule has 8 nitrogen and oxygen atoms in total. The molecule has 1 aliphatic rings. The minimum Gasteiger partial charge on any atom is -0.483 e. The molecule has 1 unspecified atom stereocenters. The first kappa shape index (κ1) is 35.6. The van der Waals surface area contributed by atoms with Crippen LogP contribution in [0.1, 0.15) is 56.4 Å². The van der Waals surface area contributed by atoms with Gasteiger partial charge in [0.05, 0.1) is 16.6 Å². The molecule has 0 saturated carbocycles. The van der Waals surface area contributed by atoms with E-state index in [9.17, 15) is 0 Å². The Morgan fingerprint density at radius 3 is 2.62 bits per heavy atom. The summed E-state index contributed by atoms with van der Waals surface area (Å²) in [6, 6.07) is 15.9. The van der Waals surface area contributed by atoms with Crippen LogP contribution in [0.25, 0.3) is 10.9 Å². The van der Waals surface area contributed by atoms with Crippen molar-refractivity contribution in [1.29, 1.82) is 0 Å². The number of nitrogens with one attached hydrogen (secondary N) is 1. The third-order valence-corrected chi connectivity index (χ3v) is 9.67. The second-order valence-corrected chi connectivity index (χ2v) is 13.2. The average Bonchev–Trinajstić information content (AvgIpc) is 3.51. The van der Waals surface area contributed by atoms with Crippen molar-refractivity contribution < 1.29 is 28.2 Å². The molecule has 5 rings (SSSR count). The Kier molecular flexibility index (Phi) is 11.8. The van der Waals surface area contributed by atoms with Gasteiger partial charge in [0.15, 0.2) is 17.4 Å². The van der Waals surface area contributed by atoms with Crippen molar-refractivity contribution in [2.75, 3.05) is 25.2 Å². The van der Waals surface area contributed by atoms with Crippen LogP contribution in [0.15, 0.2) is 70.8 Å². The predicted octanol–water partition coefficient (Wildman–Crippen LogP) is 7.67. The highest BCUT2D eigenvalue weighted by Gasteiger charge is 2.33. The summed E-state index contributed by atoms with van der Waals surface area (Å²) in [6.45, 7) is 8.47. The van der Waals surface area contributed by atoms with Crippen LogP contribution in [0.2, 0.25) is 0 Å². The van der Waals surface area contributed by atoms with Crippen LogP contribution < -0.4 is 10.5 Å². The molecule has 3 aromatic carbocycles. The molecule has 1 aromatic heterocycles. The number of aromatic nitrogens is 1. The fourth-order valence-corrected chi connectivity index (χ4v) is 6.60. The number of amidine groups is 2. The summed E-state index contributed by atoms with van der Waals surface area (Å²) in [5.41, 5.74) is 9.39. The Labute approximate surface area is 278 Å². The highest BCUT2D eigenvalue weighted by atomic mass is 32.2. The molecule has 1 atom stereocenters. The van der Waals surface area contributed by atoms with E-state index in [2.05, 4.69) is 42.9 Å². The second kappa shape index (κ2) is 15.6. The molecule has 0 radical (unpaired) electrons. The van der Waals surface area contributed by atoms with Gasteiger partial charge in [0.25, 0.3) is 6.47 Å². The Morgan fingerprint density at radius 1 is 1.13 bits per heavy atom. The molecule has 2 bridgehead atoms. The van der Waals surface area contributed by atoms with Crippen molar-refractivity contribution >= 4 is 40.8 Å². The summed E-state index contributed by atoms with van der Waals surface area (Å²) in [5, 5.41) is 7.77. The standard InChI is InChI=1S/C35H40F2N4O2S.CH2O2/c1-6-22-8-7-9-23(18-22)35(4)14-16-42-34(2,3)21-44-17-13-26-25-12-15-40-30(25)20-29(37)31(26)43-24-10-11-28(36)27(19-24)32(39-5)41-33(35)38;2-1-3/h7-12,15,18-20,40H,6,13-14,16-17,21H2,1-5H3,(H2,38,39,41);1H,(H,2,3). The molecular weight excluding hydrogens is 622 g/mol. The number of nitrogens with two attached hydrogens (primary N) is 1. The van der Waals surface area contributed by atoms with Crippen molar-refractivity contribution in [2.45, 2.75) is 58.0 Å². The Balaban J connectivity index is 0.00000160. The van der Waals surface area contributed by atoms with Crippen LogP contribution >= 0.6 is 11.8 Å². The summed E-state index contributed by atoms with van der Waals surface area (Å²) in [6.07, 6.45) is 3.80. The van der Waals surface area contributed by atoms with Crippen molar-refractivity contribution in [2.24, 2.45) is 15.7 Å². The van der Waals surface area contributed by atoms with Gasteiger partial charge < -0.3 is 25.3 Å². The number of carbonyl (C=O) groups is 1. The summed E-state index contributed by atoms with van der Waals surface area (Å²) in [4.78, 5) is 20.5. The SMILES string of the molecule is CCc1cccc(C2(C)CCOC(C)(C)CSCCc3c(c(F)cc4[nH]ccc34)Oc3ccc(F)c(c3)C(=NC)N=C2N)c1.O=CO. The van der Waals surface area contributed by atoms with Crippen molar-refractivity contribution in [1.82, 2.24) is 4.98 Å². The van der Waals surface area contributed by atoms with Gasteiger partial charge in [-0.2, -0.15) is 11.8 Å². The number of H-pyrrole nitrogens is 1. The van der Waals surface area contributed by atoms with Gasteiger partial charge in [-0.15, -0.1) is 0 Å². The smallest absolute Gasteiger partial charge is 0.290 e. The topological polar surface area (TPSA) is 122 Å². The van der Waals surface area contributed by atoms with E-state index >= 15 is 8.78 Å². The van der Waals surface area contributed by atoms with E-state index in [-0.39, 0.29) is 29.4 Å². The Bertz CT molecular complexity index is 1770. The largest absolute Gasteiger partial charge is 0.483 e. The van der Waals surface area contributed by atoms with Crippen molar-refractivity contribution in [3.8, 4) is 11.5 Å². The summed E-state index contributed by atoms with van der Waals surface area (Å²) in [7, 11) is 1.54. The number of rotatable bonds is 2. The van der Waals surface area contributed by atoms with E-state index < -0.39 is 22.7 Å². The molecule has 0 saturated heterocycles. The quantitative estimate of drug-likeness (QED) is 0.189. The van der Waals surface area contributed by atoms with E-state index in [0.717, 1.165) is 34.4 Å². The lowest BCUT2D eigenvalue weighted by Crippen LogP contribution is -2.41. The number of aliphatic imine (C=N–C) groups is 2. The lowest BCUT2D eigenvalue weighted by molar-refractivity contribution is -0.122. The molecular formula is C36H42F2N4O4S. The first-order valence-electron chi connectivity index (χ1n) is 15.4. The van der Waals surface area contributed by atoms with E-state index in [1.807, 2.05) is 25.1 Å². The second-order valence-electron chi connectivity index (χ2n) is 12.0. The fourth-order valence-electron chi connectivity index (χ4n) is 5.53. The number of fused-ring (bicyclic) bond motifs is 5. The highest BCUT2D eigenvalue weighted by Crippen LogP contribution is 2.37. The molecule has 0 fully saturated rings. The number of thioether (sulfide) groups is 1. The molecule has 2 heterocycles. The average molecular weight is 665 g/mol. The lowest BCUT2D eigenvalue weighted by Gasteiger charge is -2.33. The Hall–Kier alpha value is -4.22. The van der Waals surface area contributed by atoms with Gasteiger partial charge in [0.1, 0.15) is 17.4 Å². The molecule has 47 heavy (non-hydrogen) atoms. The van der Waals surface area contributed by atoms with Crippen molar-refractivity contribution in [3.63, 3.8) is 0 Å². The van der Waals surface area contributed by atoms with Crippen LogP contribution in [0.4, 0.5) is 8.78 Å². The first-order chi connectivity index (χ1) is 22.5. The number of hydrogen-bond acceptors (Lipinski definition) is 6. The highest BCUT2D eigenvalue weighted by molar-refractivity contribution is 7.99. The molecule has 0 spiro atoms. The van der Waals surface area contributed by atoms with Crippen LogP contribution in [-0.2, 0) is 27.8 Å². The monoisotopic (exact) mass is 664 g/mol. The van der Waals surface area contributed by atoms with Crippen LogP contribution in [-0.4, -0.2) is 59.0 Å². The zero-order valence-corrected chi connectivity index (χ0v) is 28.2. The van der Waals surface area contributed by atoms with Gasteiger partial charge >= 0.3 is 0 Å². The Morgan fingerprint density at radius 2 is 1.89 bits per heavy atom. The number of carboxylic acid groups (broad SMARTS) is 1. The minimum atomic E-state index is -0.718. The lowest BCUT2D eigenvalue weighted by atomic mass is 9.77. The number of aromatic amines is 1. The minimum absolute atomic E-state index is 0.108. The number of hydrogen-bond donors (Lipinski definition) is 3. The normalized spacial score (nSPS) is 19.7. The summed E-state index contributed by atoms with van der Waals surface area (Å²) < 4.78 is 43.5. The number of halogens is 2. The summed E-state index contributed by atoms with van der Waals surface area (Å²) in [5.74, 6) is 1.23. The van der Waals surface area contributed by atoms with E-state index in [0.29, 0.717) is 30.8 Å². The fraction of sp³-hybridized carbons (Fsp3) is 0.361. The predicted molar refractivity (Wildman–Crippen MR) is 186 cm³/mol. The maximum atomic E-state index is 15.5. The van der Waals surface area contributed by atoms with Gasteiger partial charge in [-0.25, -0.2) is 13.8 Å². The zero-order chi connectivity index (χ0) is 34.2. The molecule has 4 aromatic rings. The number of aryl methyl sites for hydroxylation is 2. The van der Waals surface area contributed by atoms with Crippen LogP contribution in [0.5, 0.6) is 11.5 Å². The number of benzene rings is 3. The molecule has 1 aliphatic heterocycles. The molecule has 0 amide bonds. The van der Waals surface area contributed by atoms with Crippen molar-refractivity contribution in [3.05, 3.63) is 94.7 Å². The molecule has 250 valence electrons. The maximum absolute atomic E-state index is 15.5. The van der Waals surface area contributed by atoms with Crippen LogP contribution in [0.3, 0.4) is 0 Å². The first-order valence-corrected chi connectivity index (χ1v) is 16.6. The van der Waals surface area contributed by atoms with Gasteiger partial charge in [-0.05, 0) is 81.2 Å². The van der Waals surface area contributed by atoms with Gasteiger partial charge in [0, 0.05) is 48.1 Å². The van der Waals surface area contributed by atoms with Gasteiger partial charge in [-0.3, -0.25) is 9.79 Å². The molecule has 4 N–H and O–H groups in total. The van der Waals surface area contributed by atoms with Crippen LogP contribution in [0, 0.1) is 11.6 Å². The number of nitrogens with zero attached hydrogens (tertiary/aromatic N) is 2. The third kappa shape index (κ3) is 8.39. The zero-order valence-electron chi connectivity index (χ0n) is 27.4. The van der Waals surface area contributed by atoms with Gasteiger partial charge in [-0.1, -0.05) is 31.2 Å². The van der Waals surface area contributed by atoms with E-state index in [1.54, 1.807) is 25.0 Å². The van der Waals surface area contributed by atoms with Gasteiger partial charge in [0.2, 0.25) is 0 Å². The third-order valence-electron chi connectivity index (χ3n) is 8.28. The maximum Gasteiger partial charge on any atom is 0.290 e. The molecule has 0 aliphatic carbocycles. The summed E-state index contributed by atoms with van der Waals surface area (Å²) >= 11 is 1.74. The van der Waals surface area contributed by atoms with E-state index in [1.165, 1.54) is 29.8 Å². The molecule has 11 heteroatoms. The number of ether oxygens (including phenoxy) is 2.